The summed E-state index contributed by atoms with van der Waals surface area (Å²) in [6.07, 6.45) is 0.885. The fourth-order valence-electron chi connectivity index (χ4n) is 1.79. The quantitative estimate of drug-likeness (QED) is 0.598. The van der Waals surface area contributed by atoms with Crippen LogP contribution in [0.2, 0.25) is 0 Å². The van der Waals surface area contributed by atoms with Crippen molar-refractivity contribution in [1.82, 2.24) is 5.32 Å². The highest BCUT2D eigenvalue weighted by Crippen LogP contribution is 2.16. The fourth-order valence-corrected chi connectivity index (χ4v) is 1.79. The highest BCUT2D eigenvalue weighted by atomic mass is 16.5. The van der Waals surface area contributed by atoms with Gasteiger partial charge in [0.05, 0.1) is 6.61 Å². The third kappa shape index (κ3) is 6.79. The Bertz CT molecular complexity index is 455. The second-order valence-electron chi connectivity index (χ2n) is 5.07. The molecule has 0 aromatic heterocycles. The first-order chi connectivity index (χ1) is 10.0. The fraction of sp³-hybridized carbons (Fsp3) is 0.500. The number of urea groups is 1. The van der Waals surface area contributed by atoms with Gasteiger partial charge in [-0.1, -0.05) is 26.0 Å². The maximum Gasteiger partial charge on any atom is 0.319 e. The van der Waals surface area contributed by atoms with Gasteiger partial charge in [0.15, 0.2) is 0 Å². The van der Waals surface area contributed by atoms with Crippen molar-refractivity contribution < 1.29 is 14.3 Å². The number of carbonyl (C=O) groups is 2. The summed E-state index contributed by atoms with van der Waals surface area (Å²) in [5, 5.41) is 5.46. The minimum Gasteiger partial charge on any atom is -0.466 e. The number of amides is 2. The Labute approximate surface area is 126 Å². The third-order valence-electron chi connectivity index (χ3n) is 2.98. The average Bonchev–Trinajstić information content (AvgIpc) is 2.44. The molecule has 0 aliphatic rings. The predicted molar refractivity (Wildman–Crippen MR) is 83.4 cm³/mol. The molecule has 0 spiro atoms. The molecule has 0 unspecified atom stereocenters. The zero-order valence-corrected chi connectivity index (χ0v) is 12.9. The van der Waals surface area contributed by atoms with Gasteiger partial charge in [-0.2, -0.15) is 0 Å². The van der Waals surface area contributed by atoms with Crippen LogP contribution < -0.4 is 10.6 Å². The molecule has 2 N–H and O–H groups in total. The molecule has 0 radical (unpaired) electrons. The van der Waals surface area contributed by atoms with Crippen LogP contribution in [0.1, 0.15) is 45.1 Å². The first-order valence-corrected chi connectivity index (χ1v) is 7.33. The van der Waals surface area contributed by atoms with Crippen LogP contribution >= 0.6 is 0 Å². The second kappa shape index (κ2) is 9.00. The number of benzene rings is 1. The summed E-state index contributed by atoms with van der Waals surface area (Å²) in [6.45, 7) is 6.85. The van der Waals surface area contributed by atoms with Crippen LogP contribution in [0.15, 0.2) is 24.3 Å². The molecule has 1 aromatic rings. The predicted octanol–water partition coefficient (Wildman–Crippen LogP) is 3.27. The molecule has 0 aliphatic heterocycles. The van der Waals surface area contributed by atoms with Crippen LogP contribution in [0, 0.1) is 0 Å². The number of anilines is 1. The number of ether oxygens (including phenoxy) is 1. The van der Waals surface area contributed by atoms with Gasteiger partial charge in [0.1, 0.15) is 0 Å². The van der Waals surface area contributed by atoms with Crippen molar-refractivity contribution in [2.45, 2.75) is 39.5 Å². The van der Waals surface area contributed by atoms with E-state index in [0.29, 0.717) is 31.9 Å². The number of rotatable bonds is 7. The van der Waals surface area contributed by atoms with Crippen LogP contribution in [-0.4, -0.2) is 25.2 Å². The first kappa shape index (κ1) is 17.0. The van der Waals surface area contributed by atoms with Gasteiger partial charge >= 0.3 is 12.0 Å². The minimum absolute atomic E-state index is 0.232. The molecule has 0 aliphatic carbocycles. The smallest absolute Gasteiger partial charge is 0.319 e. The molecule has 0 saturated heterocycles. The van der Waals surface area contributed by atoms with Crippen molar-refractivity contribution in [2.75, 3.05) is 18.5 Å². The van der Waals surface area contributed by atoms with E-state index < -0.39 is 0 Å². The molecular formula is C16H24N2O3. The SMILES string of the molecule is CCOC(=O)CCCNC(=O)Nc1ccc(C(C)C)cc1. The van der Waals surface area contributed by atoms with Gasteiger partial charge in [-0.25, -0.2) is 4.79 Å². The Balaban J connectivity index is 2.26. The van der Waals surface area contributed by atoms with Crippen LogP contribution in [0.3, 0.4) is 0 Å². The molecule has 116 valence electrons. The lowest BCUT2D eigenvalue weighted by Crippen LogP contribution is -2.29. The van der Waals surface area contributed by atoms with Gasteiger partial charge in [-0.15, -0.1) is 0 Å². The number of carbonyl (C=O) groups excluding carboxylic acids is 2. The summed E-state index contributed by atoms with van der Waals surface area (Å²) >= 11 is 0. The maximum absolute atomic E-state index is 11.7. The van der Waals surface area contributed by atoms with E-state index in [1.54, 1.807) is 6.92 Å². The van der Waals surface area contributed by atoms with E-state index in [2.05, 4.69) is 24.5 Å². The lowest BCUT2D eigenvalue weighted by Gasteiger charge is -2.09. The summed E-state index contributed by atoms with van der Waals surface area (Å²) in [6, 6.07) is 7.50. The van der Waals surface area contributed by atoms with Crippen LogP contribution in [-0.2, 0) is 9.53 Å². The summed E-state index contributed by atoms with van der Waals surface area (Å²) in [5.74, 6) is 0.236. The van der Waals surface area contributed by atoms with E-state index in [1.165, 1.54) is 5.56 Å². The molecule has 1 rings (SSSR count). The standard InChI is InChI=1S/C16H24N2O3/c1-4-21-15(19)6-5-11-17-16(20)18-14-9-7-13(8-10-14)12(2)3/h7-10,12H,4-6,11H2,1-3H3,(H2,17,18,20). The molecule has 0 saturated carbocycles. The van der Waals surface area contributed by atoms with Crippen molar-refractivity contribution in [3.05, 3.63) is 29.8 Å². The molecule has 2 amide bonds. The third-order valence-corrected chi connectivity index (χ3v) is 2.98. The van der Waals surface area contributed by atoms with Gasteiger partial charge in [0.25, 0.3) is 0 Å². The van der Waals surface area contributed by atoms with E-state index >= 15 is 0 Å². The Morgan fingerprint density at radius 3 is 2.43 bits per heavy atom. The van der Waals surface area contributed by atoms with E-state index in [4.69, 9.17) is 4.74 Å². The molecule has 0 fully saturated rings. The highest BCUT2D eigenvalue weighted by Gasteiger charge is 2.04. The number of hydrogen-bond acceptors (Lipinski definition) is 3. The normalized spacial score (nSPS) is 10.3. The second-order valence-corrected chi connectivity index (χ2v) is 5.07. The Kier molecular flexibility index (Phi) is 7.29. The molecular weight excluding hydrogens is 268 g/mol. The molecule has 21 heavy (non-hydrogen) atoms. The molecule has 5 nitrogen and oxygen atoms in total. The van der Waals surface area contributed by atoms with Crippen molar-refractivity contribution in [3.8, 4) is 0 Å². The van der Waals surface area contributed by atoms with Crippen molar-refractivity contribution in [2.24, 2.45) is 0 Å². The number of hydrogen-bond donors (Lipinski definition) is 2. The van der Waals surface area contributed by atoms with Gasteiger partial charge in [0.2, 0.25) is 0 Å². The van der Waals surface area contributed by atoms with E-state index in [1.807, 2.05) is 24.3 Å². The number of nitrogens with one attached hydrogen (secondary N) is 2. The molecule has 0 atom stereocenters. The Morgan fingerprint density at radius 2 is 1.86 bits per heavy atom. The maximum atomic E-state index is 11.7. The molecule has 0 bridgehead atoms. The summed E-state index contributed by atoms with van der Waals surface area (Å²) < 4.78 is 4.81. The Hall–Kier alpha value is -2.04. The lowest BCUT2D eigenvalue weighted by molar-refractivity contribution is -0.143. The summed E-state index contributed by atoms with van der Waals surface area (Å²) in [4.78, 5) is 22.8. The molecule has 0 heterocycles. The van der Waals surface area contributed by atoms with Crippen molar-refractivity contribution >= 4 is 17.7 Å². The zero-order chi connectivity index (χ0) is 15.7. The number of esters is 1. The lowest BCUT2D eigenvalue weighted by atomic mass is 10.0. The van der Waals surface area contributed by atoms with E-state index in [9.17, 15) is 9.59 Å². The first-order valence-electron chi connectivity index (χ1n) is 7.33. The molecule has 5 heteroatoms. The van der Waals surface area contributed by atoms with Gasteiger partial charge in [0, 0.05) is 18.7 Å². The van der Waals surface area contributed by atoms with E-state index in [0.717, 1.165) is 5.69 Å². The van der Waals surface area contributed by atoms with Crippen LogP contribution in [0.25, 0.3) is 0 Å². The average molecular weight is 292 g/mol. The monoisotopic (exact) mass is 292 g/mol. The van der Waals surface area contributed by atoms with Crippen LogP contribution in [0.5, 0.6) is 0 Å². The Morgan fingerprint density at radius 1 is 1.19 bits per heavy atom. The van der Waals surface area contributed by atoms with E-state index in [-0.39, 0.29) is 12.0 Å². The molecule has 1 aromatic carbocycles. The van der Waals surface area contributed by atoms with Gasteiger partial charge < -0.3 is 15.4 Å². The summed E-state index contributed by atoms with van der Waals surface area (Å²) in [5.41, 5.74) is 1.98. The van der Waals surface area contributed by atoms with Crippen molar-refractivity contribution in [1.29, 1.82) is 0 Å². The van der Waals surface area contributed by atoms with Gasteiger partial charge in [-0.3, -0.25) is 4.79 Å². The van der Waals surface area contributed by atoms with Gasteiger partial charge in [-0.05, 0) is 37.0 Å². The zero-order valence-electron chi connectivity index (χ0n) is 12.9. The summed E-state index contributed by atoms with van der Waals surface area (Å²) in [7, 11) is 0. The highest BCUT2D eigenvalue weighted by molar-refractivity contribution is 5.89. The van der Waals surface area contributed by atoms with Crippen LogP contribution in [0.4, 0.5) is 10.5 Å². The van der Waals surface area contributed by atoms with Crippen molar-refractivity contribution in [3.63, 3.8) is 0 Å². The topological polar surface area (TPSA) is 67.4 Å². The largest absolute Gasteiger partial charge is 0.466 e. The minimum atomic E-state index is -0.267.